The van der Waals surface area contributed by atoms with Crippen LogP contribution in [0.25, 0.3) is 0 Å². The van der Waals surface area contributed by atoms with E-state index in [-0.39, 0.29) is 55.8 Å². The minimum absolute atomic E-state index is 0.0239. The number of benzene rings is 2. The van der Waals surface area contributed by atoms with Gasteiger partial charge >= 0.3 is 0 Å². The van der Waals surface area contributed by atoms with Gasteiger partial charge in [0.25, 0.3) is 5.91 Å². The van der Waals surface area contributed by atoms with Gasteiger partial charge in [-0.25, -0.2) is 0 Å². The molecule has 0 aliphatic carbocycles. The van der Waals surface area contributed by atoms with Crippen LogP contribution < -0.4 is 15.4 Å². The van der Waals surface area contributed by atoms with E-state index in [9.17, 15) is 14.4 Å². The van der Waals surface area contributed by atoms with Crippen molar-refractivity contribution in [2.75, 3.05) is 26.2 Å². The van der Waals surface area contributed by atoms with Crippen molar-refractivity contribution >= 4 is 29.3 Å². The van der Waals surface area contributed by atoms with Gasteiger partial charge in [-0.2, -0.15) is 0 Å². The van der Waals surface area contributed by atoms with Crippen molar-refractivity contribution in [3.8, 4) is 5.75 Å². The zero-order valence-electron chi connectivity index (χ0n) is 17.3. The Bertz CT molecular complexity index is 905. The third kappa shape index (κ3) is 6.46. The lowest BCUT2D eigenvalue weighted by Crippen LogP contribution is -2.39. The molecule has 0 aromatic heterocycles. The fourth-order valence-electron chi connectivity index (χ4n) is 3.46. The Hall–Kier alpha value is -3.06. The number of ether oxygens (including phenoxy) is 1. The monoisotopic (exact) mass is 443 g/mol. The van der Waals surface area contributed by atoms with E-state index in [1.807, 2.05) is 37.3 Å². The summed E-state index contributed by atoms with van der Waals surface area (Å²) in [7, 11) is 0. The van der Waals surface area contributed by atoms with Crippen LogP contribution >= 0.6 is 11.6 Å². The second-order valence-electron chi connectivity index (χ2n) is 7.42. The van der Waals surface area contributed by atoms with E-state index in [1.54, 1.807) is 29.2 Å². The van der Waals surface area contributed by atoms with Crippen LogP contribution in [0.1, 0.15) is 24.9 Å². The summed E-state index contributed by atoms with van der Waals surface area (Å²) in [4.78, 5) is 38.4. The van der Waals surface area contributed by atoms with E-state index in [1.165, 1.54) is 0 Å². The van der Waals surface area contributed by atoms with E-state index in [4.69, 9.17) is 16.3 Å². The Kier molecular flexibility index (Phi) is 7.89. The van der Waals surface area contributed by atoms with Gasteiger partial charge in [0.15, 0.2) is 6.61 Å². The van der Waals surface area contributed by atoms with Gasteiger partial charge in [0.05, 0.1) is 12.0 Å². The molecule has 2 aromatic rings. The predicted octanol–water partition coefficient (Wildman–Crippen LogP) is 2.56. The van der Waals surface area contributed by atoms with Crippen LogP contribution in [0.4, 0.5) is 0 Å². The highest BCUT2D eigenvalue weighted by molar-refractivity contribution is 6.30. The van der Waals surface area contributed by atoms with Crippen LogP contribution in [-0.2, 0) is 14.4 Å². The van der Waals surface area contributed by atoms with Crippen molar-refractivity contribution < 1.29 is 19.1 Å². The van der Waals surface area contributed by atoms with Crippen molar-refractivity contribution in [3.63, 3.8) is 0 Å². The fourth-order valence-corrected chi connectivity index (χ4v) is 3.58. The predicted molar refractivity (Wildman–Crippen MR) is 118 cm³/mol. The quantitative estimate of drug-likeness (QED) is 0.583. The van der Waals surface area contributed by atoms with Crippen LogP contribution in [0.15, 0.2) is 54.6 Å². The van der Waals surface area contributed by atoms with Crippen molar-refractivity contribution in [1.29, 1.82) is 0 Å². The zero-order chi connectivity index (χ0) is 22.2. The van der Waals surface area contributed by atoms with Crippen molar-refractivity contribution in [3.05, 3.63) is 65.2 Å². The summed E-state index contributed by atoms with van der Waals surface area (Å²) in [6, 6.07) is 16.4. The van der Waals surface area contributed by atoms with Gasteiger partial charge in [0.1, 0.15) is 5.75 Å². The first-order valence-corrected chi connectivity index (χ1v) is 10.6. The smallest absolute Gasteiger partial charge is 0.258 e. The molecule has 164 valence electrons. The van der Waals surface area contributed by atoms with Crippen LogP contribution in [0.2, 0.25) is 5.02 Å². The molecule has 2 N–H and O–H groups in total. The molecule has 1 aliphatic rings. The van der Waals surface area contributed by atoms with E-state index < -0.39 is 0 Å². The van der Waals surface area contributed by atoms with E-state index in [2.05, 4.69) is 10.6 Å². The highest BCUT2D eigenvalue weighted by atomic mass is 35.5. The number of carbonyl (C=O) groups is 3. The minimum Gasteiger partial charge on any atom is -0.484 e. The molecule has 31 heavy (non-hydrogen) atoms. The molecule has 1 heterocycles. The van der Waals surface area contributed by atoms with Crippen molar-refractivity contribution in [2.24, 2.45) is 5.92 Å². The van der Waals surface area contributed by atoms with Crippen LogP contribution in [0.5, 0.6) is 5.75 Å². The Labute approximate surface area is 186 Å². The molecular formula is C23H26ClN3O4. The van der Waals surface area contributed by atoms with Crippen LogP contribution in [0.3, 0.4) is 0 Å². The second-order valence-corrected chi connectivity index (χ2v) is 7.85. The number of likely N-dealkylation sites (tertiary alicyclic amines) is 1. The standard InChI is InChI=1S/C23H26ClN3O4/c1-16(17-5-3-2-4-6-17)27-14-18(13-22(27)29)23(30)26-12-11-25-21(28)15-31-20-9-7-19(24)8-10-20/h2-10,16,18H,11-15H2,1H3,(H,25,28)(H,26,30). The van der Waals surface area contributed by atoms with Crippen molar-refractivity contribution in [2.45, 2.75) is 19.4 Å². The third-order valence-corrected chi connectivity index (χ3v) is 5.46. The summed E-state index contributed by atoms with van der Waals surface area (Å²) in [5.41, 5.74) is 1.04. The summed E-state index contributed by atoms with van der Waals surface area (Å²) < 4.78 is 5.36. The molecule has 0 spiro atoms. The first kappa shape index (κ1) is 22.6. The van der Waals surface area contributed by atoms with Crippen LogP contribution in [0, 0.1) is 5.92 Å². The lowest BCUT2D eigenvalue weighted by atomic mass is 10.1. The fraction of sp³-hybridized carbons (Fsp3) is 0.348. The van der Waals surface area contributed by atoms with Gasteiger partial charge in [-0.3, -0.25) is 14.4 Å². The SMILES string of the molecule is CC(c1ccccc1)N1CC(C(=O)NCCNC(=O)COc2ccc(Cl)cc2)CC1=O. The Morgan fingerprint density at radius 3 is 2.48 bits per heavy atom. The van der Waals surface area contributed by atoms with E-state index in [0.29, 0.717) is 17.3 Å². The molecule has 1 saturated heterocycles. The summed E-state index contributed by atoms with van der Waals surface area (Å²) in [6.07, 6.45) is 0.199. The maximum absolute atomic E-state index is 12.4. The molecule has 2 unspecified atom stereocenters. The maximum Gasteiger partial charge on any atom is 0.258 e. The van der Waals surface area contributed by atoms with E-state index >= 15 is 0 Å². The molecule has 2 atom stereocenters. The topological polar surface area (TPSA) is 87.7 Å². The first-order chi connectivity index (χ1) is 14.9. The number of carbonyl (C=O) groups excluding carboxylic acids is 3. The summed E-state index contributed by atoms with van der Waals surface area (Å²) in [6.45, 7) is 2.79. The average molecular weight is 444 g/mol. The van der Waals surface area contributed by atoms with Crippen molar-refractivity contribution in [1.82, 2.24) is 15.5 Å². The highest BCUT2D eigenvalue weighted by Crippen LogP contribution is 2.28. The van der Waals surface area contributed by atoms with Gasteiger partial charge in [-0.15, -0.1) is 0 Å². The number of nitrogens with one attached hydrogen (secondary N) is 2. The molecule has 8 heteroatoms. The van der Waals surface area contributed by atoms with E-state index in [0.717, 1.165) is 5.56 Å². The minimum atomic E-state index is -0.386. The molecule has 1 fully saturated rings. The summed E-state index contributed by atoms with van der Waals surface area (Å²) >= 11 is 5.80. The number of nitrogens with zero attached hydrogens (tertiary/aromatic N) is 1. The Balaban J connectivity index is 1.35. The lowest BCUT2D eigenvalue weighted by Gasteiger charge is -2.25. The Morgan fingerprint density at radius 1 is 1.10 bits per heavy atom. The van der Waals surface area contributed by atoms with Gasteiger partial charge < -0.3 is 20.3 Å². The lowest BCUT2D eigenvalue weighted by molar-refractivity contribution is -0.130. The molecule has 2 aromatic carbocycles. The molecule has 1 aliphatic heterocycles. The largest absolute Gasteiger partial charge is 0.484 e. The molecule has 3 amide bonds. The second kappa shape index (κ2) is 10.8. The maximum atomic E-state index is 12.4. The first-order valence-electron chi connectivity index (χ1n) is 10.2. The van der Waals surface area contributed by atoms with Gasteiger partial charge in [0.2, 0.25) is 11.8 Å². The number of amides is 3. The Morgan fingerprint density at radius 2 is 1.77 bits per heavy atom. The molecular weight excluding hydrogens is 418 g/mol. The zero-order valence-corrected chi connectivity index (χ0v) is 18.1. The number of rotatable bonds is 9. The molecule has 3 rings (SSSR count). The van der Waals surface area contributed by atoms with Gasteiger partial charge in [-0.05, 0) is 36.8 Å². The molecule has 0 bridgehead atoms. The molecule has 7 nitrogen and oxygen atoms in total. The number of hydrogen-bond donors (Lipinski definition) is 2. The van der Waals surface area contributed by atoms with Gasteiger partial charge in [-0.1, -0.05) is 41.9 Å². The average Bonchev–Trinajstić information content (AvgIpc) is 3.18. The molecule has 0 radical (unpaired) electrons. The summed E-state index contributed by atoms with van der Waals surface area (Å²) in [5, 5.41) is 6.07. The number of halogens is 1. The molecule has 0 saturated carbocycles. The summed E-state index contributed by atoms with van der Waals surface area (Å²) in [5.74, 6) is -0.328. The third-order valence-electron chi connectivity index (χ3n) is 5.21. The highest BCUT2D eigenvalue weighted by Gasteiger charge is 2.36. The van der Waals surface area contributed by atoms with Gasteiger partial charge in [0, 0.05) is 31.1 Å². The number of hydrogen-bond acceptors (Lipinski definition) is 4. The normalized spacial score (nSPS) is 16.6. The van der Waals surface area contributed by atoms with Crippen LogP contribution in [-0.4, -0.2) is 48.9 Å².